The minimum atomic E-state index is 0.467. The monoisotopic (exact) mass is 277 g/mol. The van der Waals surface area contributed by atoms with Gasteiger partial charge in [-0.2, -0.15) is 0 Å². The van der Waals surface area contributed by atoms with Crippen molar-refractivity contribution >= 4 is 0 Å². The highest BCUT2D eigenvalue weighted by Crippen LogP contribution is 2.36. The average molecular weight is 277 g/mol. The average Bonchev–Trinajstić information content (AvgIpc) is 2.72. The molecule has 114 valence electrons. The first-order valence-corrected chi connectivity index (χ1v) is 8.23. The van der Waals surface area contributed by atoms with Crippen LogP contribution in [0.15, 0.2) is 22.8 Å². The highest BCUT2D eigenvalue weighted by atomic mass is 16.3. The minimum Gasteiger partial charge on any atom is -0.469 e. The lowest BCUT2D eigenvalue weighted by atomic mass is 9.76. The van der Waals surface area contributed by atoms with Crippen LogP contribution in [0.4, 0.5) is 0 Å². The van der Waals surface area contributed by atoms with Gasteiger partial charge in [0.15, 0.2) is 0 Å². The predicted octanol–water partition coefficient (Wildman–Crippen LogP) is 4.80. The Morgan fingerprint density at radius 3 is 2.70 bits per heavy atom. The maximum Gasteiger partial charge on any atom is 0.105 e. The first kappa shape index (κ1) is 15.6. The third-order valence-electron chi connectivity index (χ3n) is 4.80. The molecule has 1 saturated carbocycles. The van der Waals surface area contributed by atoms with Crippen molar-refractivity contribution in [3.8, 4) is 0 Å². The van der Waals surface area contributed by atoms with Crippen LogP contribution in [0.2, 0.25) is 0 Å². The lowest BCUT2D eigenvalue weighted by Gasteiger charge is -2.30. The molecule has 1 aliphatic carbocycles. The number of hydrogen-bond acceptors (Lipinski definition) is 2. The van der Waals surface area contributed by atoms with Crippen molar-refractivity contribution in [1.82, 2.24) is 5.32 Å². The van der Waals surface area contributed by atoms with Crippen LogP contribution in [-0.4, -0.2) is 12.1 Å². The second-order valence-corrected chi connectivity index (χ2v) is 7.62. The minimum absolute atomic E-state index is 0.467. The first-order valence-electron chi connectivity index (χ1n) is 8.23. The van der Waals surface area contributed by atoms with Crippen LogP contribution in [0, 0.1) is 11.3 Å². The van der Waals surface area contributed by atoms with Gasteiger partial charge in [-0.1, -0.05) is 27.2 Å². The lowest BCUT2D eigenvalue weighted by molar-refractivity contribution is 0.213. The smallest absolute Gasteiger partial charge is 0.105 e. The van der Waals surface area contributed by atoms with E-state index in [9.17, 15) is 0 Å². The standard InChI is InChI=1S/C18H31NO/c1-14(13-17-9-6-12-20-17)19-16-8-5-7-15(10-11-16)18(2,3)4/h6,9,12,14-16,19H,5,7-8,10-11,13H2,1-4H3. The van der Waals surface area contributed by atoms with Crippen LogP contribution >= 0.6 is 0 Å². The van der Waals surface area contributed by atoms with E-state index in [1.165, 1.54) is 32.1 Å². The van der Waals surface area contributed by atoms with E-state index in [0.29, 0.717) is 17.5 Å². The second-order valence-electron chi connectivity index (χ2n) is 7.62. The summed E-state index contributed by atoms with van der Waals surface area (Å²) in [5.41, 5.74) is 0.467. The Morgan fingerprint density at radius 2 is 2.05 bits per heavy atom. The molecular weight excluding hydrogens is 246 g/mol. The molecule has 1 N–H and O–H groups in total. The van der Waals surface area contributed by atoms with E-state index in [-0.39, 0.29) is 0 Å². The molecule has 1 aromatic heterocycles. The molecule has 0 aromatic carbocycles. The van der Waals surface area contributed by atoms with Crippen LogP contribution in [0.25, 0.3) is 0 Å². The molecule has 0 bridgehead atoms. The SMILES string of the molecule is CC(Cc1ccco1)NC1CCCC(C(C)(C)C)CC1. The van der Waals surface area contributed by atoms with Gasteiger partial charge in [0.05, 0.1) is 6.26 Å². The van der Waals surface area contributed by atoms with Crippen LogP contribution in [0.1, 0.15) is 65.6 Å². The van der Waals surface area contributed by atoms with Crippen molar-refractivity contribution in [2.45, 2.75) is 78.3 Å². The fourth-order valence-corrected chi connectivity index (χ4v) is 3.53. The summed E-state index contributed by atoms with van der Waals surface area (Å²) < 4.78 is 5.44. The van der Waals surface area contributed by atoms with Crippen molar-refractivity contribution in [1.29, 1.82) is 0 Å². The van der Waals surface area contributed by atoms with Crippen LogP contribution in [0.3, 0.4) is 0 Å². The van der Waals surface area contributed by atoms with Gasteiger partial charge < -0.3 is 9.73 Å². The molecule has 1 heterocycles. The zero-order chi connectivity index (χ0) is 14.6. The van der Waals surface area contributed by atoms with Gasteiger partial charge >= 0.3 is 0 Å². The zero-order valence-electron chi connectivity index (χ0n) is 13.6. The van der Waals surface area contributed by atoms with E-state index >= 15 is 0 Å². The summed E-state index contributed by atoms with van der Waals surface area (Å²) in [5.74, 6) is 1.97. The van der Waals surface area contributed by atoms with Crippen LogP contribution < -0.4 is 5.32 Å². The molecular formula is C18H31NO. The van der Waals surface area contributed by atoms with E-state index in [1.54, 1.807) is 6.26 Å². The van der Waals surface area contributed by atoms with Crippen molar-refractivity contribution in [3.63, 3.8) is 0 Å². The van der Waals surface area contributed by atoms with E-state index in [1.807, 2.05) is 6.07 Å². The summed E-state index contributed by atoms with van der Waals surface area (Å²) in [6, 6.07) is 5.23. The topological polar surface area (TPSA) is 25.2 Å². The Bertz CT molecular complexity index is 377. The van der Waals surface area contributed by atoms with Crippen LogP contribution in [-0.2, 0) is 6.42 Å². The second kappa shape index (κ2) is 6.80. The van der Waals surface area contributed by atoms with Gasteiger partial charge in [0.25, 0.3) is 0 Å². The normalized spacial score (nSPS) is 26.2. The number of rotatable bonds is 4. The summed E-state index contributed by atoms with van der Waals surface area (Å²) in [6.07, 6.45) is 9.54. The van der Waals surface area contributed by atoms with Crippen molar-refractivity contribution in [2.75, 3.05) is 0 Å². The summed E-state index contributed by atoms with van der Waals surface area (Å²) in [5, 5.41) is 3.81. The summed E-state index contributed by atoms with van der Waals surface area (Å²) in [6.45, 7) is 9.45. The number of furan rings is 1. The van der Waals surface area contributed by atoms with E-state index in [0.717, 1.165) is 18.1 Å². The fourth-order valence-electron chi connectivity index (χ4n) is 3.53. The highest BCUT2D eigenvalue weighted by Gasteiger charge is 2.28. The highest BCUT2D eigenvalue weighted by molar-refractivity contribution is 5.00. The van der Waals surface area contributed by atoms with Gasteiger partial charge in [-0.3, -0.25) is 0 Å². The molecule has 0 amide bonds. The summed E-state index contributed by atoms with van der Waals surface area (Å²) in [7, 11) is 0. The van der Waals surface area contributed by atoms with Crippen molar-refractivity contribution in [3.05, 3.63) is 24.2 Å². The summed E-state index contributed by atoms with van der Waals surface area (Å²) >= 11 is 0. The molecule has 3 atom stereocenters. The molecule has 2 rings (SSSR count). The largest absolute Gasteiger partial charge is 0.469 e. The molecule has 0 radical (unpaired) electrons. The Labute approximate surface area is 124 Å². The first-order chi connectivity index (χ1) is 9.45. The lowest BCUT2D eigenvalue weighted by Crippen LogP contribution is -2.37. The zero-order valence-corrected chi connectivity index (χ0v) is 13.6. The van der Waals surface area contributed by atoms with Gasteiger partial charge in [0, 0.05) is 18.5 Å². The molecule has 0 saturated heterocycles. The van der Waals surface area contributed by atoms with Gasteiger partial charge in [0.1, 0.15) is 5.76 Å². The third-order valence-corrected chi connectivity index (χ3v) is 4.80. The quantitative estimate of drug-likeness (QED) is 0.800. The Morgan fingerprint density at radius 1 is 1.25 bits per heavy atom. The summed E-state index contributed by atoms with van der Waals surface area (Å²) in [4.78, 5) is 0. The maximum atomic E-state index is 5.44. The molecule has 3 unspecified atom stereocenters. The third kappa shape index (κ3) is 4.66. The molecule has 1 fully saturated rings. The van der Waals surface area contributed by atoms with Gasteiger partial charge in [-0.15, -0.1) is 0 Å². The molecule has 20 heavy (non-hydrogen) atoms. The van der Waals surface area contributed by atoms with Gasteiger partial charge in [-0.05, 0) is 56.1 Å². The number of hydrogen-bond donors (Lipinski definition) is 1. The molecule has 0 aliphatic heterocycles. The number of nitrogens with one attached hydrogen (secondary N) is 1. The molecule has 0 spiro atoms. The Balaban J connectivity index is 1.79. The van der Waals surface area contributed by atoms with Crippen molar-refractivity contribution < 1.29 is 4.42 Å². The van der Waals surface area contributed by atoms with E-state index < -0.39 is 0 Å². The van der Waals surface area contributed by atoms with E-state index in [4.69, 9.17) is 4.42 Å². The Hall–Kier alpha value is -0.760. The molecule has 2 nitrogen and oxygen atoms in total. The maximum absolute atomic E-state index is 5.44. The van der Waals surface area contributed by atoms with Gasteiger partial charge in [-0.25, -0.2) is 0 Å². The molecule has 1 aliphatic rings. The molecule has 2 heteroatoms. The van der Waals surface area contributed by atoms with E-state index in [2.05, 4.69) is 39.1 Å². The van der Waals surface area contributed by atoms with Gasteiger partial charge in [0.2, 0.25) is 0 Å². The Kier molecular flexibility index (Phi) is 5.31. The fraction of sp³-hybridized carbons (Fsp3) is 0.778. The predicted molar refractivity (Wildman–Crippen MR) is 84.8 cm³/mol. The van der Waals surface area contributed by atoms with Crippen LogP contribution in [0.5, 0.6) is 0 Å². The molecule has 1 aromatic rings. The van der Waals surface area contributed by atoms with Crippen molar-refractivity contribution in [2.24, 2.45) is 11.3 Å².